The van der Waals surface area contributed by atoms with Crippen molar-refractivity contribution >= 4 is 23.6 Å². The van der Waals surface area contributed by atoms with E-state index in [0.29, 0.717) is 12.2 Å². The summed E-state index contributed by atoms with van der Waals surface area (Å²) >= 11 is 1.45. The second-order valence-corrected chi connectivity index (χ2v) is 4.57. The Morgan fingerprint density at radius 1 is 1.60 bits per heavy atom. The van der Waals surface area contributed by atoms with E-state index in [1.807, 2.05) is 12.1 Å². The van der Waals surface area contributed by atoms with Crippen LogP contribution in [0.25, 0.3) is 0 Å². The summed E-state index contributed by atoms with van der Waals surface area (Å²) in [5.41, 5.74) is 0. The van der Waals surface area contributed by atoms with Gasteiger partial charge in [-0.3, -0.25) is 14.5 Å². The Hall–Kier alpha value is -1.23. The molecule has 15 heavy (non-hydrogen) atoms. The first-order valence-electron chi connectivity index (χ1n) is 4.63. The molecule has 1 aliphatic heterocycles. The van der Waals surface area contributed by atoms with E-state index in [2.05, 4.69) is 0 Å². The van der Waals surface area contributed by atoms with Crippen LogP contribution in [-0.4, -0.2) is 29.0 Å². The SMILES string of the molecule is CN1C(=O)CC(SCc2ccco2)C1=O. The minimum absolute atomic E-state index is 0.100. The van der Waals surface area contributed by atoms with Gasteiger partial charge in [0.05, 0.1) is 17.3 Å². The topological polar surface area (TPSA) is 50.5 Å². The zero-order valence-corrected chi connectivity index (χ0v) is 9.12. The van der Waals surface area contributed by atoms with Crippen molar-refractivity contribution in [3.63, 3.8) is 0 Å². The number of likely N-dealkylation sites (tertiary alicyclic amines) is 1. The fourth-order valence-electron chi connectivity index (χ4n) is 1.43. The zero-order valence-electron chi connectivity index (χ0n) is 8.30. The van der Waals surface area contributed by atoms with Crippen LogP contribution in [0.5, 0.6) is 0 Å². The molecule has 0 aromatic carbocycles. The Bertz CT molecular complexity index is 374. The van der Waals surface area contributed by atoms with Crippen LogP contribution in [0.15, 0.2) is 22.8 Å². The van der Waals surface area contributed by atoms with Crippen LogP contribution in [0, 0.1) is 0 Å². The van der Waals surface area contributed by atoms with Crippen LogP contribution in [0.3, 0.4) is 0 Å². The molecule has 0 N–H and O–H groups in total. The van der Waals surface area contributed by atoms with Crippen molar-refractivity contribution in [2.24, 2.45) is 0 Å². The number of nitrogens with zero attached hydrogens (tertiary/aromatic N) is 1. The first-order valence-corrected chi connectivity index (χ1v) is 5.68. The first-order chi connectivity index (χ1) is 7.18. The maximum Gasteiger partial charge on any atom is 0.242 e. The van der Waals surface area contributed by atoms with Gasteiger partial charge in [0.25, 0.3) is 0 Å². The van der Waals surface area contributed by atoms with Crippen molar-refractivity contribution in [3.05, 3.63) is 24.2 Å². The largest absolute Gasteiger partial charge is 0.468 e. The predicted octanol–water partition coefficient (Wildman–Crippen LogP) is 1.27. The van der Waals surface area contributed by atoms with Crippen molar-refractivity contribution in [1.29, 1.82) is 0 Å². The maximum absolute atomic E-state index is 11.5. The van der Waals surface area contributed by atoms with Crippen molar-refractivity contribution < 1.29 is 14.0 Å². The smallest absolute Gasteiger partial charge is 0.242 e. The third-order valence-corrected chi connectivity index (χ3v) is 3.57. The molecule has 0 bridgehead atoms. The van der Waals surface area contributed by atoms with Gasteiger partial charge in [-0.2, -0.15) is 0 Å². The summed E-state index contributed by atoms with van der Waals surface area (Å²) in [6.07, 6.45) is 1.91. The van der Waals surface area contributed by atoms with Gasteiger partial charge in [0.15, 0.2) is 0 Å². The number of thioether (sulfide) groups is 1. The van der Waals surface area contributed by atoms with Gasteiger partial charge in [-0.15, -0.1) is 11.8 Å². The normalized spacial score (nSPS) is 21.4. The summed E-state index contributed by atoms with van der Waals surface area (Å²) in [5, 5.41) is -0.243. The number of furan rings is 1. The van der Waals surface area contributed by atoms with Crippen molar-refractivity contribution in [2.45, 2.75) is 17.4 Å². The predicted molar refractivity (Wildman–Crippen MR) is 56.2 cm³/mol. The summed E-state index contributed by atoms with van der Waals surface area (Å²) in [6.45, 7) is 0. The number of imide groups is 1. The number of carbonyl (C=O) groups excluding carboxylic acids is 2. The monoisotopic (exact) mass is 225 g/mol. The van der Waals surface area contributed by atoms with E-state index < -0.39 is 0 Å². The van der Waals surface area contributed by atoms with Crippen LogP contribution in [0.2, 0.25) is 0 Å². The molecule has 2 rings (SSSR count). The summed E-state index contributed by atoms with van der Waals surface area (Å²) in [5.74, 6) is 1.26. The summed E-state index contributed by atoms with van der Waals surface area (Å²) in [4.78, 5) is 23.9. The molecular formula is C10H11NO3S. The molecule has 5 heteroatoms. The molecule has 0 radical (unpaired) electrons. The molecule has 2 heterocycles. The fraction of sp³-hybridized carbons (Fsp3) is 0.400. The molecule has 1 aromatic heterocycles. The van der Waals surface area contributed by atoms with Crippen LogP contribution < -0.4 is 0 Å². The van der Waals surface area contributed by atoms with Gasteiger partial charge < -0.3 is 4.42 Å². The standard InChI is InChI=1S/C10H11NO3S/c1-11-9(12)5-8(10(11)13)15-6-7-3-2-4-14-7/h2-4,8H,5-6H2,1H3. The number of amides is 2. The van der Waals surface area contributed by atoms with Crippen molar-refractivity contribution in [1.82, 2.24) is 4.90 Å². The van der Waals surface area contributed by atoms with Gasteiger partial charge in [-0.25, -0.2) is 0 Å². The molecule has 0 spiro atoms. The average Bonchev–Trinajstić information content (AvgIpc) is 2.80. The Labute approximate surface area is 91.6 Å². The number of hydrogen-bond donors (Lipinski definition) is 0. The van der Waals surface area contributed by atoms with Gasteiger partial charge in [-0.1, -0.05) is 0 Å². The van der Waals surface area contributed by atoms with Gasteiger partial charge in [0.2, 0.25) is 11.8 Å². The minimum atomic E-state index is -0.243. The zero-order chi connectivity index (χ0) is 10.8. The third kappa shape index (κ3) is 2.07. The highest BCUT2D eigenvalue weighted by atomic mass is 32.2. The third-order valence-electron chi connectivity index (χ3n) is 2.35. The lowest BCUT2D eigenvalue weighted by molar-refractivity contribution is -0.136. The minimum Gasteiger partial charge on any atom is -0.468 e. The fourth-order valence-corrected chi connectivity index (χ4v) is 2.52. The van der Waals surface area contributed by atoms with E-state index >= 15 is 0 Å². The van der Waals surface area contributed by atoms with E-state index in [0.717, 1.165) is 5.76 Å². The molecule has 0 aliphatic carbocycles. The molecule has 1 fully saturated rings. The van der Waals surface area contributed by atoms with E-state index in [-0.39, 0.29) is 17.1 Å². The summed E-state index contributed by atoms with van der Waals surface area (Å²) in [6, 6.07) is 3.67. The summed E-state index contributed by atoms with van der Waals surface area (Å²) < 4.78 is 5.15. The molecule has 0 saturated carbocycles. The first kappa shape index (κ1) is 10.3. The Morgan fingerprint density at radius 2 is 2.40 bits per heavy atom. The highest BCUT2D eigenvalue weighted by molar-refractivity contribution is 7.99. The lowest BCUT2D eigenvalue weighted by Crippen LogP contribution is -2.26. The second kappa shape index (κ2) is 4.10. The van der Waals surface area contributed by atoms with E-state index in [4.69, 9.17) is 4.42 Å². The lowest BCUT2D eigenvalue weighted by Gasteiger charge is -2.07. The molecule has 4 nitrogen and oxygen atoms in total. The van der Waals surface area contributed by atoms with Gasteiger partial charge >= 0.3 is 0 Å². The van der Waals surface area contributed by atoms with Crippen molar-refractivity contribution in [2.75, 3.05) is 7.05 Å². The van der Waals surface area contributed by atoms with Crippen LogP contribution in [0.1, 0.15) is 12.2 Å². The molecular weight excluding hydrogens is 214 g/mol. The van der Waals surface area contributed by atoms with Gasteiger partial charge in [-0.05, 0) is 12.1 Å². The number of rotatable bonds is 3. The van der Waals surface area contributed by atoms with Crippen LogP contribution >= 0.6 is 11.8 Å². The molecule has 1 unspecified atom stereocenters. The number of hydrogen-bond acceptors (Lipinski definition) is 4. The Kier molecular flexibility index (Phi) is 2.81. The molecule has 1 atom stereocenters. The van der Waals surface area contributed by atoms with Crippen molar-refractivity contribution in [3.8, 4) is 0 Å². The highest BCUT2D eigenvalue weighted by Crippen LogP contribution is 2.27. The molecule has 2 amide bonds. The highest BCUT2D eigenvalue weighted by Gasteiger charge is 2.36. The van der Waals surface area contributed by atoms with Crippen LogP contribution in [0.4, 0.5) is 0 Å². The molecule has 1 aromatic rings. The second-order valence-electron chi connectivity index (χ2n) is 3.37. The Morgan fingerprint density at radius 3 is 2.93 bits per heavy atom. The van der Waals surface area contributed by atoms with E-state index in [1.165, 1.54) is 23.7 Å². The molecule has 80 valence electrons. The van der Waals surface area contributed by atoms with Gasteiger partial charge in [0.1, 0.15) is 5.76 Å². The van der Waals surface area contributed by atoms with Crippen LogP contribution in [-0.2, 0) is 15.3 Å². The van der Waals surface area contributed by atoms with Gasteiger partial charge in [0, 0.05) is 13.5 Å². The average molecular weight is 225 g/mol. The lowest BCUT2D eigenvalue weighted by atomic mass is 10.4. The van der Waals surface area contributed by atoms with E-state index in [1.54, 1.807) is 6.26 Å². The number of carbonyl (C=O) groups is 2. The molecule has 1 aliphatic rings. The van der Waals surface area contributed by atoms with E-state index in [9.17, 15) is 9.59 Å². The Balaban J connectivity index is 1.91. The quantitative estimate of drug-likeness (QED) is 0.727. The maximum atomic E-state index is 11.5. The summed E-state index contributed by atoms with van der Waals surface area (Å²) in [7, 11) is 1.53. The molecule has 1 saturated heterocycles.